The largest absolute Gasteiger partial charge is 0.0837 e. The van der Waals surface area contributed by atoms with E-state index in [4.69, 9.17) is 0 Å². The standard InChI is InChI=1S/C16H23I/c1-11-5-8-14-13(7-6-12(2)17)10-16(3,4)15(14)9-11/h5-7,9,12-14H,8,10H2,1-4H3/b7-6-. The van der Waals surface area contributed by atoms with Gasteiger partial charge in [-0.05, 0) is 43.9 Å². The van der Waals surface area contributed by atoms with Crippen molar-refractivity contribution in [1.82, 2.24) is 0 Å². The van der Waals surface area contributed by atoms with E-state index in [-0.39, 0.29) is 0 Å². The fourth-order valence-electron chi connectivity index (χ4n) is 3.30. The third-order valence-corrected chi connectivity index (χ3v) is 4.56. The molecule has 0 radical (unpaired) electrons. The average Bonchev–Trinajstić information content (AvgIpc) is 2.48. The number of hydrogen-bond donors (Lipinski definition) is 0. The second kappa shape index (κ2) is 4.91. The Labute approximate surface area is 119 Å². The van der Waals surface area contributed by atoms with Crippen LogP contribution in [-0.4, -0.2) is 3.92 Å². The molecule has 2 rings (SSSR count). The fourth-order valence-corrected chi connectivity index (χ4v) is 3.54. The first-order chi connectivity index (χ1) is 7.90. The van der Waals surface area contributed by atoms with Crippen LogP contribution in [0.4, 0.5) is 0 Å². The molecular formula is C16H23I. The maximum Gasteiger partial charge on any atom is 0.0261 e. The molecule has 0 aromatic heterocycles. The van der Waals surface area contributed by atoms with Gasteiger partial charge in [-0.25, -0.2) is 0 Å². The van der Waals surface area contributed by atoms with Crippen LogP contribution in [0.25, 0.3) is 0 Å². The summed E-state index contributed by atoms with van der Waals surface area (Å²) in [6.45, 7) is 9.30. The second-order valence-electron chi connectivity index (χ2n) is 6.20. The number of fused-ring (bicyclic) bond motifs is 1. The maximum atomic E-state index is 2.48. The lowest BCUT2D eigenvalue weighted by molar-refractivity contribution is 0.429. The van der Waals surface area contributed by atoms with Gasteiger partial charge in [0.25, 0.3) is 0 Å². The summed E-state index contributed by atoms with van der Waals surface area (Å²) in [5.41, 5.74) is 3.54. The molecular weight excluding hydrogens is 319 g/mol. The molecule has 3 unspecified atom stereocenters. The first-order valence-corrected chi connectivity index (χ1v) is 7.86. The smallest absolute Gasteiger partial charge is 0.0261 e. The van der Waals surface area contributed by atoms with Gasteiger partial charge in [0, 0.05) is 3.92 Å². The molecule has 3 atom stereocenters. The highest BCUT2D eigenvalue weighted by atomic mass is 127. The van der Waals surface area contributed by atoms with Gasteiger partial charge in [-0.15, -0.1) is 0 Å². The molecule has 0 amide bonds. The highest BCUT2D eigenvalue weighted by Crippen LogP contribution is 2.53. The van der Waals surface area contributed by atoms with Crippen molar-refractivity contribution in [2.24, 2.45) is 17.3 Å². The molecule has 0 bridgehead atoms. The molecule has 2 aliphatic carbocycles. The Morgan fingerprint density at radius 1 is 1.47 bits per heavy atom. The minimum absolute atomic E-state index is 0.393. The molecule has 0 aromatic carbocycles. The molecule has 94 valence electrons. The van der Waals surface area contributed by atoms with Gasteiger partial charge in [-0.2, -0.15) is 0 Å². The minimum atomic E-state index is 0.393. The van der Waals surface area contributed by atoms with E-state index in [9.17, 15) is 0 Å². The number of rotatable bonds is 2. The van der Waals surface area contributed by atoms with Gasteiger partial charge in [0.2, 0.25) is 0 Å². The lowest BCUT2D eigenvalue weighted by atomic mass is 9.80. The van der Waals surface area contributed by atoms with E-state index in [1.807, 2.05) is 0 Å². The van der Waals surface area contributed by atoms with Gasteiger partial charge in [0.05, 0.1) is 0 Å². The Hall–Kier alpha value is -0.0500. The molecule has 17 heavy (non-hydrogen) atoms. The number of hydrogen-bond acceptors (Lipinski definition) is 0. The van der Waals surface area contributed by atoms with Crippen LogP contribution in [0, 0.1) is 17.3 Å². The van der Waals surface area contributed by atoms with Crippen molar-refractivity contribution < 1.29 is 0 Å². The summed E-state index contributed by atoms with van der Waals surface area (Å²) in [6, 6.07) is 0. The molecule has 0 spiro atoms. The quantitative estimate of drug-likeness (QED) is 0.363. The van der Waals surface area contributed by atoms with E-state index in [1.165, 1.54) is 18.4 Å². The fraction of sp³-hybridized carbons (Fsp3) is 0.625. The predicted molar refractivity (Wildman–Crippen MR) is 84.5 cm³/mol. The summed E-state index contributed by atoms with van der Waals surface area (Å²) in [5.74, 6) is 1.51. The van der Waals surface area contributed by atoms with Gasteiger partial charge in [0.1, 0.15) is 0 Å². The van der Waals surface area contributed by atoms with E-state index in [1.54, 1.807) is 5.57 Å². The Bertz CT molecular complexity index is 382. The molecule has 0 aromatic rings. The summed E-state index contributed by atoms with van der Waals surface area (Å²) in [7, 11) is 0. The number of alkyl halides is 1. The summed E-state index contributed by atoms with van der Waals surface area (Å²) in [6.07, 6.45) is 12.2. The molecule has 0 saturated heterocycles. The predicted octanol–water partition coefficient (Wildman–Crippen LogP) is 5.30. The van der Waals surface area contributed by atoms with Gasteiger partial charge in [-0.3, -0.25) is 0 Å². The highest BCUT2D eigenvalue weighted by Gasteiger charge is 2.42. The van der Waals surface area contributed by atoms with Crippen molar-refractivity contribution in [3.63, 3.8) is 0 Å². The van der Waals surface area contributed by atoms with Gasteiger partial charge in [0.15, 0.2) is 0 Å². The average molecular weight is 342 g/mol. The van der Waals surface area contributed by atoms with Crippen LogP contribution < -0.4 is 0 Å². The van der Waals surface area contributed by atoms with E-state index < -0.39 is 0 Å². The van der Waals surface area contributed by atoms with E-state index in [0.717, 1.165) is 11.8 Å². The highest BCUT2D eigenvalue weighted by molar-refractivity contribution is 14.1. The van der Waals surface area contributed by atoms with Gasteiger partial charge < -0.3 is 0 Å². The number of halogens is 1. The Morgan fingerprint density at radius 3 is 2.82 bits per heavy atom. The van der Waals surface area contributed by atoms with Crippen LogP contribution in [0.1, 0.15) is 40.5 Å². The molecule has 0 heterocycles. The first-order valence-electron chi connectivity index (χ1n) is 6.61. The molecule has 0 nitrogen and oxygen atoms in total. The Morgan fingerprint density at radius 2 is 2.18 bits per heavy atom. The lowest BCUT2D eigenvalue weighted by Crippen LogP contribution is -2.13. The van der Waals surface area contributed by atoms with Crippen molar-refractivity contribution >= 4 is 22.6 Å². The van der Waals surface area contributed by atoms with Crippen LogP contribution in [0.3, 0.4) is 0 Å². The van der Waals surface area contributed by atoms with Crippen molar-refractivity contribution in [1.29, 1.82) is 0 Å². The maximum absolute atomic E-state index is 2.48. The Balaban J connectivity index is 2.23. The lowest BCUT2D eigenvalue weighted by Gasteiger charge is -2.25. The van der Waals surface area contributed by atoms with Crippen LogP contribution in [-0.2, 0) is 0 Å². The van der Waals surface area contributed by atoms with E-state index in [0.29, 0.717) is 9.34 Å². The van der Waals surface area contributed by atoms with Crippen LogP contribution in [0.15, 0.2) is 35.5 Å². The summed E-state index contributed by atoms with van der Waals surface area (Å²) in [4.78, 5) is 0. The summed E-state index contributed by atoms with van der Waals surface area (Å²) < 4.78 is 0.643. The molecule has 1 fully saturated rings. The molecule has 2 aliphatic rings. The van der Waals surface area contributed by atoms with Crippen molar-refractivity contribution in [2.45, 2.75) is 44.5 Å². The molecule has 0 aliphatic heterocycles. The van der Waals surface area contributed by atoms with Crippen molar-refractivity contribution in [3.8, 4) is 0 Å². The van der Waals surface area contributed by atoms with Crippen molar-refractivity contribution in [3.05, 3.63) is 35.5 Å². The Kier molecular flexibility index (Phi) is 3.86. The van der Waals surface area contributed by atoms with Crippen LogP contribution >= 0.6 is 22.6 Å². The second-order valence-corrected chi connectivity index (χ2v) is 8.17. The van der Waals surface area contributed by atoms with Crippen LogP contribution in [0.2, 0.25) is 0 Å². The normalized spacial score (nSPS) is 33.2. The minimum Gasteiger partial charge on any atom is -0.0837 e. The molecule has 0 N–H and O–H groups in total. The third kappa shape index (κ3) is 2.86. The van der Waals surface area contributed by atoms with E-state index >= 15 is 0 Å². The zero-order chi connectivity index (χ0) is 12.6. The number of allylic oxidation sites excluding steroid dienone is 6. The monoisotopic (exact) mass is 342 g/mol. The summed E-state index contributed by atoms with van der Waals surface area (Å²) >= 11 is 2.48. The van der Waals surface area contributed by atoms with Gasteiger partial charge >= 0.3 is 0 Å². The third-order valence-electron chi connectivity index (χ3n) is 4.14. The molecule has 1 heteroatoms. The van der Waals surface area contributed by atoms with Crippen molar-refractivity contribution in [2.75, 3.05) is 0 Å². The topological polar surface area (TPSA) is 0 Å². The summed E-state index contributed by atoms with van der Waals surface area (Å²) in [5, 5.41) is 0. The van der Waals surface area contributed by atoms with Gasteiger partial charge in [-0.1, -0.05) is 71.9 Å². The molecule has 1 saturated carbocycles. The SMILES string of the molecule is CC1=CCC2C(=C1)C(C)(C)CC2/C=C\C(C)I. The zero-order valence-electron chi connectivity index (χ0n) is 11.3. The first kappa shape index (κ1) is 13.4. The zero-order valence-corrected chi connectivity index (χ0v) is 13.5. The van der Waals surface area contributed by atoms with E-state index in [2.05, 4.69) is 74.6 Å². The van der Waals surface area contributed by atoms with Crippen LogP contribution in [0.5, 0.6) is 0 Å².